The largest absolute Gasteiger partial charge is 0.295 e. The van der Waals surface area contributed by atoms with Crippen molar-refractivity contribution in [1.29, 1.82) is 0 Å². The maximum atomic E-state index is 4.37. The summed E-state index contributed by atoms with van der Waals surface area (Å²) in [4.78, 5) is 2.43. The molecule has 0 atom stereocenters. The fourth-order valence-corrected chi connectivity index (χ4v) is 2.39. The second-order valence-corrected chi connectivity index (χ2v) is 5.18. The van der Waals surface area contributed by atoms with Gasteiger partial charge in [0.05, 0.1) is 12.2 Å². The van der Waals surface area contributed by atoms with Crippen LogP contribution in [0.25, 0.3) is 6.08 Å². The Balaban J connectivity index is 1.46. The van der Waals surface area contributed by atoms with E-state index in [0.29, 0.717) is 6.04 Å². The zero-order valence-corrected chi connectivity index (χ0v) is 11.2. The van der Waals surface area contributed by atoms with Crippen LogP contribution in [-0.4, -0.2) is 34.3 Å². The predicted molar refractivity (Wildman–Crippen MR) is 77.9 cm³/mol. The standard InChI is InChI=1S/C16H19N3/c1-14-10-17-19(11-14)16-12-18(13-16)9-5-8-15-6-3-2-4-7-15/h2-8,10-11,16H,9,12-13H2,1H3/b8-5-. The zero-order chi connectivity index (χ0) is 13.1. The molecule has 1 fully saturated rings. The van der Waals surface area contributed by atoms with E-state index in [4.69, 9.17) is 0 Å². The van der Waals surface area contributed by atoms with Gasteiger partial charge < -0.3 is 0 Å². The van der Waals surface area contributed by atoms with Crippen LogP contribution in [-0.2, 0) is 0 Å². The molecule has 2 heterocycles. The summed E-state index contributed by atoms with van der Waals surface area (Å²) in [7, 11) is 0. The molecule has 0 amide bonds. The monoisotopic (exact) mass is 253 g/mol. The zero-order valence-electron chi connectivity index (χ0n) is 11.2. The summed E-state index contributed by atoms with van der Waals surface area (Å²) in [5, 5.41) is 4.37. The van der Waals surface area contributed by atoms with Gasteiger partial charge in [0, 0.05) is 25.8 Å². The summed E-state index contributed by atoms with van der Waals surface area (Å²) in [5.74, 6) is 0. The highest BCUT2D eigenvalue weighted by molar-refractivity contribution is 5.48. The lowest BCUT2D eigenvalue weighted by Crippen LogP contribution is -2.47. The molecule has 0 N–H and O–H groups in total. The quantitative estimate of drug-likeness (QED) is 0.835. The van der Waals surface area contributed by atoms with Crippen LogP contribution in [0.4, 0.5) is 0 Å². The Morgan fingerprint density at radius 3 is 2.74 bits per heavy atom. The van der Waals surface area contributed by atoms with Crippen LogP contribution in [0.15, 0.2) is 48.8 Å². The van der Waals surface area contributed by atoms with Gasteiger partial charge in [-0.25, -0.2) is 0 Å². The first-order valence-corrected chi connectivity index (χ1v) is 6.76. The molecule has 0 unspecified atom stereocenters. The van der Waals surface area contributed by atoms with Crippen molar-refractivity contribution in [1.82, 2.24) is 14.7 Å². The van der Waals surface area contributed by atoms with E-state index < -0.39 is 0 Å². The molecule has 1 aromatic carbocycles. The van der Waals surface area contributed by atoms with Crippen molar-refractivity contribution in [2.24, 2.45) is 0 Å². The highest BCUT2D eigenvalue weighted by Gasteiger charge is 2.27. The lowest BCUT2D eigenvalue weighted by molar-refractivity contribution is 0.113. The number of hydrogen-bond acceptors (Lipinski definition) is 2. The SMILES string of the molecule is Cc1cnn(C2CN(C/C=C\c3ccccc3)C2)c1. The number of likely N-dealkylation sites (tertiary alicyclic amines) is 1. The minimum absolute atomic E-state index is 0.554. The maximum absolute atomic E-state index is 4.37. The van der Waals surface area contributed by atoms with Gasteiger partial charge in [-0.1, -0.05) is 42.5 Å². The molecule has 1 aliphatic rings. The van der Waals surface area contributed by atoms with Crippen molar-refractivity contribution < 1.29 is 0 Å². The van der Waals surface area contributed by atoms with Gasteiger partial charge in [-0.2, -0.15) is 5.10 Å². The molecular formula is C16H19N3. The first-order valence-electron chi connectivity index (χ1n) is 6.76. The third-order valence-electron chi connectivity index (χ3n) is 3.52. The van der Waals surface area contributed by atoms with Gasteiger partial charge in [0.25, 0.3) is 0 Å². The van der Waals surface area contributed by atoms with Crippen molar-refractivity contribution >= 4 is 6.08 Å². The van der Waals surface area contributed by atoms with Crippen molar-refractivity contribution in [2.45, 2.75) is 13.0 Å². The molecule has 98 valence electrons. The molecule has 1 saturated heterocycles. The van der Waals surface area contributed by atoms with E-state index in [-0.39, 0.29) is 0 Å². The lowest BCUT2D eigenvalue weighted by Gasteiger charge is -2.38. The molecule has 3 heteroatoms. The van der Waals surface area contributed by atoms with E-state index in [0.717, 1.165) is 19.6 Å². The Bertz CT molecular complexity index is 550. The number of aryl methyl sites for hydroxylation is 1. The van der Waals surface area contributed by atoms with Gasteiger partial charge in [0.1, 0.15) is 0 Å². The topological polar surface area (TPSA) is 21.1 Å². The Hall–Kier alpha value is -1.87. The first-order chi connectivity index (χ1) is 9.31. The van der Waals surface area contributed by atoms with Gasteiger partial charge in [-0.3, -0.25) is 9.58 Å². The second kappa shape index (κ2) is 5.41. The molecule has 2 aromatic rings. The Kier molecular flexibility index (Phi) is 3.47. The normalized spacial score (nSPS) is 16.9. The van der Waals surface area contributed by atoms with Crippen LogP contribution in [0.1, 0.15) is 17.2 Å². The van der Waals surface area contributed by atoms with Crippen molar-refractivity contribution in [3.05, 3.63) is 59.9 Å². The Labute approximate surface area is 114 Å². The van der Waals surface area contributed by atoms with Crippen LogP contribution in [0.3, 0.4) is 0 Å². The number of benzene rings is 1. The predicted octanol–water partition coefficient (Wildman–Crippen LogP) is 2.76. The fraction of sp³-hybridized carbons (Fsp3) is 0.312. The Morgan fingerprint density at radius 1 is 1.26 bits per heavy atom. The van der Waals surface area contributed by atoms with E-state index in [2.05, 4.69) is 64.2 Å². The van der Waals surface area contributed by atoms with Gasteiger partial charge in [-0.05, 0) is 18.1 Å². The van der Waals surface area contributed by atoms with Crippen LogP contribution >= 0.6 is 0 Å². The van der Waals surface area contributed by atoms with E-state index in [1.807, 2.05) is 12.3 Å². The number of rotatable bonds is 4. The lowest BCUT2D eigenvalue weighted by atomic mass is 10.1. The Morgan fingerprint density at radius 2 is 2.05 bits per heavy atom. The molecule has 0 saturated carbocycles. The number of aromatic nitrogens is 2. The molecule has 0 aliphatic carbocycles. The number of nitrogens with zero attached hydrogens (tertiary/aromatic N) is 3. The van der Waals surface area contributed by atoms with E-state index in [1.165, 1.54) is 11.1 Å². The summed E-state index contributed by atoms with van der Waals surface area (Å²) in [5.41, 5.74) is 2.50. The van der Waals surface area contributed by atoms with Gasteiger partial charge in [0.2, 0.25) is 0 Å². The van der Waals surface area contributed by atoms with Crippen molar-refractivity contribution in [3.8, 4) is 0 Å². The second-order valence-electron chi connectivity index (χ2n) is 5.18. The molecule has 0 bridgehead atoms. The van der Waals surface area contributed by atoms with Gasteiger partial charge >= 0.3 is 0 Å². The summed E-state index contributed by atoms with van der Waals surface area (Å²) < 4.78 is 2.09. The molecule has 0 radical (unpaired) electrons. The van der Waals surface area contributed by atoms with Gasteiger partial charge in [-0.15, -0.1) is 0 Å². The highest BCUT2D eigenvalue weighted by Crippen LogP contribution is 2.20. The van der Waals surface area contributed by atoms with E-state index >= 15 is 0 Å². The highest BCUT2D eigenvalue weighted by atomic mass is 15.4. The van der Waals surface area contributed by atoms with Crippen LogP contribution in [0, 0.1) is 6.92 Å². The van der Waals surface area contributed by atoms with E-state index in [9.17, 15) is 0 Å². The third kappa shape index (κ3) is 2.93. The molecular weight excluding hydrogens is 234 g/mol. The average Bonchev–Trinajstić information content (AvgIpc) is 2.79. The van der Waals surface area contributed by atoms with E-state index in [1.54, 1.807) is 0 Å². The minimum atomic E-state index is 0.554. The molecule has 3 rings (SSSR count). The number of hydrogen-bond donors (Lipinski definition) is 0. The van der Waals surface area contributed by atoms with Crippen molar-refractivity contribution in [2.75, 3.05) is 19.6 Å². The third-order valence-corrected chi connectivity index (χ3v) is 3.52. The molecule has 19 heavy (non-hydrogen) atoms. The molecule has 0 spiro atoms. The summed E-state index contributed by atoms with van der Waals surface area (Å²) in [6.07, 6.45) is 8.48. The van der Waals surface area contributed by atoms with Crippen LogP contribution in [0.5, 0.6) is 0 Å². The average molecular weight is 253 g/mol. The molecule has 3 nitrogen and oxygen atoms in total. The minimum Gasteiger partial charge on any atom is -0.295 e. The van der Waals surface area contributed by atoms with Crippen LogP contribution in [0.2, 0.25) is 0 Å². The summed E-state index contributed by atoms with van der Waals surface area (Å²) >= 11 is 0. The molecule has 1 aromatic heterocycles. The fourth-order valence-electron chi connectivity index (χ4n) is 2.39. The van der Waals surface area contributed by atoms with Crippen LogP contribution < -0.4 is 0 Å². The van der Waals surface area contributed by atoms with Crippen molar-refractivity contribution in [3.63, 3.8) is 0 Å². The summed E-state index contributed by atoms with van der Waals surface area (Å²) in [6, 6.07) is 11.0. The maximum Gasteiger partial charge on any atom is 0.0773 e. The van der Waals surface area contributed by atoms with Gasteiger partial charge in [0.15, 0.2) is 0 Å². The smallest absolute Gasteiger partial charge is 0.0773 e. The first kappa shape index (κ1) is 12.2. The summed E-state index contributed by atoms with van der Waals surface area (Å²) in [6.45, 7) is 5.30. The molecule has 1 aliphatic heterocycles.